The van der Waals surface area contributed by atoms with E-state index in [-0.39, 0.29) is 36.4 Å². The molecule has 15 heteroatoms. The molecular weight excluding hydrogens is 843 g/mol. The molecule has 0 spiro atoms. The monoisotopic (exact) mass is 895 g/mol. The van der Waals surface area contributed by atoms with Gasteiger partial charge >= 0.3 is 11.9 Å². The van der Waals surface area contributed by atoms with Gasteiger partial charge in [0, 0.05) is 36.9 Å². The number of hydrogen-bond acceptors (Lipinski definition) is 12. The second kappa shape index (κ2) is 24.4. The number of carbonyl (C=O) groups is 4. The Labute approximate surface area is 382 Å². The second-order valence-corrected chi connectivity index (χ2v) is 15.2. The standard InChI is InChI=1S/C51H53N5O10/c52-48(53)40-7-5-38-32-45(19-13-36(38)30-40)65-50(59)34-9-15-43(16-10-34)63-24-2-1-4-42(57)21-26-61-28-29-62-27-22-47(58)56-23-3-25-64-44-17-11-35(12-18-44)51(60)66-46-20-14-37-31-41(49(54)55)8-6-39(37)33-46/h5-20,30-33H,1-4,21-29H2,(H3,52,53)(H3,54,55)(H,56,58). The van der Waals surface area contributed by atoms with Crippen molar-refractivity contribution in [2.75, 3.05) is 46.2 Å². The number of Topliss-reactive ketones (excluding diaryl/α,β-unsaturated/α-hetero) is 1. The minimum absolute atomic E-state index is 0.0119. The third-order valence-corrected chi connectivity index (χ3v) is 10.2. The van der Waals surface area contributed by atoms with Gasteiger partial charge in [0.1, 0.15) is 40.5 Å². The maximum absolute atomic E-state index is 12.7. The minimum atomic E-state index is -0.503. The van der Waals surface area contributed by atoms with Crippen LogP contribution in [-0.4, -0.2) is 81.5 Å². The smallest absolute Gasteiger partial charge is 0.343 e. The van der Waals surface area contributed by atoms with Gasteiger partial charge in [-0.3, -0.25) is 20.4 Å². The fourth-order valence-corrected chi connectivity index (χ4v) is 6.61. The van der Waals surface area contributed by atoms with E-state index < -0.39 is 11.9 Å². The highest BCUT2D eigenvalue weighted by atomic mass is 16.5. The number of benzene rings is 6. The molecule has 0 aromatic heterocycles. The summed E-state index contributed by atoms with van der Waals surface area (Å²) < 4.78 is 33.6. The summed E-state index contributed by atoms with van der Waals surface area (Å²) in [6, 6.07) is 34.6. The number of ether oxygens (including phenoxy) is 6. The van der Waals surface area contributed by atoms with Crippen LogP contribution >= 0.6 is 0 Å². The molecule has 6 rings (SSSR count). The highest BCUT2D eigenvalue weighted by Gasteiger charge is 2.12. The first kappa shape index (κ1) is 47.8. The number of ketones is 1. The van der Waals surface area contributed by atoms with Gasteiger partial charge in [0.05, 0.1) is 50.8 Å². The van der Waals surface area contributed by atoms with Crippen LogP contribution in [0.25, 0.3) is 21.5 Å². The van der Waals surface area contributed by atoms with E-state index in [0.717, 1.165) is 21.5 Å². The molecule has 6 aromatic rings. The summed E-state index contributed by atoms with van der Waals surface area (Å²) >= 11 is 0. The Bertz CT molecular complexity index is 2470. The number of nitrogens with one attached hydrogen (secondary N) is 3. The van der Waals surface area contributed by atoms with Gasteiger partial charge in [-0.1, -0.05) is 36.4 Å². The summed E-state index contributed by atoms with van der Waals surface area (Å²) in [7, 11) is 0. The molecule has 1 amide bonds. The molecule has 66 heavy (non-hydrogen) atoms. The Morgan fingerprint density at radius 3 is 1.36 bits per heavy atom. The van der Waals surface area contributed by atoms with Crippen LogP contribution in [0.1, 0.15) is 70.4 Å². The normalized spacial score (nSPS) is 10.9. The molecule has 0 fully saturated rings. The van der Waals surface area contributed by atoms with Gasteiger partial charge in [-0.25, -0.2) is 9.59 Å². The van der Waals surface area contributed by atoms with Crippen LogP contribution in [-0.2, 0) is 19.1 Å². The van der Waals surface area contributed by atoms with Crippen LogP contribution in [0, 0.1) is 10.8 Å². The number of unbranched alkanes of at least 4 members (excludes halogenated alkanes) is 1. The van der Waals surface area contributed by atoms with Crippen LogP contribution in [0.5, 0.6) is 23.0 Å². The summed E-state index contributed by atoms with van der Waals surface area (Å²) in [6.07, 6.45) is 2.90. The Hall–Kier alpha value is -7.62. The molecule has 0 aliphatic carbocycles. The molecule has 0 unspecified atom stereocenters. The molecule has 0 atom stereocenters. The zero-order valence-corrected chi connectivity index (χ0v) is 36.5. The molecule has 0 saturated heterocycles. The molecule has 7 N–H and O–H groups in total. The lowest BCUT2D eigenvalue weighted by Gasteiger charge is -2.09. The van der Waals surface area contributed by atoms with Crippen molar-refractivity contribution >= 4 is 56.8 Å². The highest BCUT2D eigenvalue weighted by molar-refractivity contribution is 6.00. The van der Waals surface area contributed by atoms with Crippen LogP contribution in [0.2, 0.25) is 0 Å². The van der Waals surface area contributed by atoms with Crippen LogP contribution in [0.15, 0.2) is 121 Å². The largest absolute Gasteiger partial charge is 0.494 e. The fraction of sp³-hybridized carbons (Fsp3) is 0.255. The summed E-state index contributed by atoms with van der Waals surface area (Å²) in [6.45, 7) is 2.42. The van der Waals surface area contributed by atoms with Crippen molar-refractivity contribution in [3.05, 3.63) is 144 Å². The molecule has 0 aliphatic rings. The Balaban J connectivity index is 0.724. The Morgan fingerprint density at radius 1 is 0.439 bits per heavy atom. The Kier molecular flexibility index (Phi) is 17.7. The highest BCUT2D eigenvalue weighted by Crippen LogP contribution is 2.25. The van der Waals surface area contributed by atoms with Crippen LogP contribution in [0.4, 0.5) is 0 Å². The molecule has 0 aliphatic heterocycles. The van der Waals surface area contributed by atoms with Crippen molar-refractivity contribution in [1.29, 1.82) is 10.8 Å². The zero-order chi connectivity index (χ0) is 46.7. The first-order valence-electron chi connectivity index (χ1n) is 21.6. The van der Waals surface area contributed by atoms with E-state index >= 15 is 0 Å². The summed E-state index contributed by atoms with van der Waals surface area (Å²) in [5.41, 5.74) is 13.1. The summed E-state index contributed by atoms with van der Waals surface area (Å²) in [5.74, 6) is 0.947. The van der Waals surface area contributed by atoms with E-state index in [1.54, 1.807) is 91.0 Å². The number of hydrogen-bond donors (Lipinski definition) is 5. The number of nitrogen functional groups attached to an aromatic ring is 2. The van der Waals surface area contributed by atoms with Crippen molar-refractivity contribution in [1.82, 2.24) is 5.32 Å². The number of nitrogens with two attached hydrogens (primary N) is 2. The molecule has 15 nitrogen and oxygen atoms in total. The average Bonchev–Trinajstić information content (AvgIpc) is 3.32. The molecule has 342 valence electrons. The molecule has 0 heterocycles. The number of carbonyl (C=O) groups excluding carboxylic acids is 4. The van der Waals surface area contributed by atoms with Gasteiger partial charge in [-0.05, 0) is 126 Å². The van der Waals surface area contributed by atoms with Gasteiger partial charge in [0.15, 0.2) is 0 Å². The van der Waals surface area contributed by atoms with Crippen molar-refractivity contribution in [3.63, 3.8) is 0 Å². The minimum Gasteiger partial charge on any atom is -0.494 e. The van der Waals surface area contributed by atoms with Crippen molar-refractivity contribution < 1.29 is 47.6 Å². The lowest BCUT2D eigenvalue weighted by Crippen LogP contribution is -2.26. The van der Waals surface area contributed by atoms with E-state index in [1.165, 1.54) is 0 Å². The number of amidine groups is 2. The predicted molar refractivity (Wildman–Crippen MR) is 251 cm³/mol. The molecule has 0 saturated carbocycles. The maximum Gasteiger partial charge on any atom is 0.343 e. The average molecular weight is 896 g/mol. The van der Waals surface area contributed by atoms with E-state index in [1.807, 2.05) is 30.3 Å². The third-order valence-electron chi connectivity index (χ3n) is 10.2. The molecule has 6 aromatic carbocycles. The first-order valence-corrected chi connectivity index (χ1v) is 21.6. The summed E-state index contributed by atoms with van der Waals surface area (Å²) in [5, 5.41) is 21.5. The fourth-order valence-electron chi connectivity index (χ4n) is 6.61. The zero-order valence-electron chi connectivity index (χ0n) is 36.5. The van der Waals surface area contributed by atoms with Crippen molar-refractivity contribution in [2.24, 2.45) is 11.5 Å². The van der Waals surface area contributed by atoms with Crippen molar-refractivity contribution in [3.8, 4) is 23.0 Å². The number of esters is 2. The number of rotatable bonds is 26. The molecule has 0 radical (unpaired) electrons. The lowest BCUT2D eigenvalue weighted by atomic mass is 10.1. The second-order valence-electron chi connectivity index (χ2n) is 15.2. The van der Waals surface area contributed by atoms with Gasteiger partial charge in [-0.15, -0.1) is 0 Å². The maximum atomic E-state index is 12.7. The Morgan fingerprint density at radius 2 is 0.864 bits per heavy atom. The SMILES string of the molecule is N=C(N)c1ccc2cc(OC(=O)c3ccc(OCCCCC(=O)CCOCCOCCC(=O)NCCCOc4ccc(C(=O)Oc5ccc6cc(C(=N)N)ccc6c5)cc4)cc3)ccc2c1. The van der Waals surface area contributed by atoms with E-state index in [9.17, 15) is 19.2 Å². The van der Waals surface area contributed by atoms with E-state index in [4.69, 9.17) is 50.7 Å². The van der Waals surface area contributed by atoms with E-state index in [2.05, 4.69) is 5.32 Å². The number of amides is 1. The number of fused-ring (bicyclic) bond motifs is 2. The van der Waals surface area contributed by atoms with Crippen molar-refractivity contribution in [2.45, 2.75) is 38.5 Å². The third kappa shape index (κ3) is 15.0. The quantitative estimate of drug-likeness (QED) is 0.0117. The topological polar surface area (TPSA) is 235 Å². The molecule has 0 bridgehead atoms. The first-order chi connectivity index (χ1) is 32.0. The van der Waals surface area contributed by atoms with Crippen LogP contribution in [0.3, 0.4) is 0 Å². The van der Waals surface area contributed by atoms with Gasteiger partial charge in [-0.2, -0.15) is 0 Å². The van der Waals surface area contributed by atoms with Gasteiger partial charge in [0.25, 0.3) is 0 Å². The van der Waals surface area contributed by atoms with Crippen LogP contribution < -0.4 is 35.7 Å². The summed E-state index contributed by atoms with van der Waals surface area (Å²) in [4.78, 5) is 49.8. The van der Waals surface area contributed by atoms with Gasteiger partial charge in [0.2, 0.25) is 5.91 Å². The molecular formula is C51H53N5O10. The van der Waals surface area contributed by atoms with E-state index in [0.29, 0.717) is 117 Å². The van der Waals surface area contributed by atoms with Gasteiger partial charge < -0.3 is 45.2 Å². The predicted octanol–water partition coefficient (Wildman–Crippen LogP) is 7.52. The lowest BCUT2D eigenvalue weighted by molar-refractivity contribution is -0.123.